The zero-order chi connectivity index (χ0) is 13.9. The summed E-state index contributed by atoms with van der Waals surface area (Å²) in [5, 5.41) is 9.65. The minimum absolute atomic E-state index is 0.00828. The number of anilines is 1. The van der Waals surface area contributed by atoms with Gasteiger partial charge in [0.15, 0.2) is 5.82 Å². The van der Waals surface area contributed by atoms with Crippen LogP contribution in [0.5, 0.6) is 0 Å². The topological polar surface area (TPSA) is 50.0 Å². The maximum Gasteiger partial charge on any atom is 0.153 e. The van der Waals surface area contributed by atoms with E-state index in [2.05, 4.69) is 16.0 Å². The van der Waals surface area contributed by atoms with Crippen LogP contribution in [0.2, 0.25) is 0 Å². The van der Waals surface area contributed by atoms with Crippen LogP contribution >= 0.6 is 0 Å². The van der Waals surface area contributed by atoms with Gasteiger partial charge in [-0.1, -0.05) is 12.1 Å². The van der Waals surface area contributed by atoms with Crippen molar-refractivity contribution in [1.82, 2.24) is 9.38 Å². The molecule has 0 spiro atoms. The molecule has 2 aromatic rings. The highest BCUT2D eigenvalue weighted by Crippen LogP contribution is 2.24. The smallest absolute Gasteiger partial charge is 0.153 e. The molecule has 0 saturated heterocycles. The summed E-state index contributed by atoms with van der Waals surface area (Å²) < 4.78 is 7.12. The number of hydrogen-bond donors (Lipinski definition) is 1. The van der Waals surface area contributed by atoms with Crippen molar-refractivity contribution in [1.29, 1.82) is 0 Å². The minimum Gasteiger partial charge on any atom is -0.390 e. The maximum atomic E-state index is 9.65. The van der Waals surface area contributed by atoms with Crippen LogP contribution in [0.4, 0.5) is 5.82 Å². The van der Waals surface area contributed by atoms with Crippen LogP contribution < -0.4 is 4.90 Å². The average molecular weight is 273 g/mol. The van der Waals surface area contributed by atoms with Crippen molar-refractivity contribution in [3.8, 4) is 0 Å². The molecule has 2 aromatic heterocycles. The van der Waals surface area contributed by atoms with E-state index in [1.807, 2.05) is 28.8 Å². The molecule has 0 radical (unpaired) electrons. The van der Waals surface area contributed by atoms with Gasteiger partial charge in [0, 0.05) is 26.4 Å². The van der Waals surface area contributed by atoms with Gasteiger partial charge in [-0.2, -0.15) is 0 Å². The first-order chi connectivity index (χ1) is 9.83. The molecule has 0 aliphatic carbocycles. The van der Waals surface area contributed by atoms with Crippen LogP contribution in [0.1, 0.15) is 12.1 Å². The van der Waals surface area contributed by atoms with Gasteiger partial charge in [0.25, 0.3) is 0 Å². The molecule has 1 aliphatic rings. The average Bonchev–Trinajstić information content (AvgIpc) is 2.87. The molecule has 106 valence electrons. The Labute approximate surface area is 118 Å². The summed E-state index contributed by atoms with van der Waals surface area (Å²) in [5.74, 6) is 0.881. The fraction of sp³-hybridized carbons (Fsp3) is 0.400. The number of fused-ring (bicyclic) bond motifs is 1. The Hall–Kier alpha value is -1.85. The largest absolute Gasteiger partial charge is 0.390 e. The van der Waals surface area contributed by atoms with E-state index in [9.17, 15) is 5.11 Å². The number of aliphatic hydroxyl groups excluding tert-OH is 1. The van der Waals surface area contributed by atoms with Crippen LogP contribution in [-0.4, -0.2) is 41.3 Å². The number of rotatable bonds is 4. The molecule has 0 atom stereocenters. The Bertz CT molecular complexity index is 633. The maximum absolute atomic E-state index is 9.65. The van der Waals surface area contributed by atoms with Crippen molar-refractivity contribution in [2.24, 2.45) is 0 Å². The van der Waals surface area contributed by atoms with Gasteiger partial charge in [0.1, 0.15) is 5.65 Å². The molecule has 1 N–H and O–H groups in total. The zero-order valence-corrected chi connectivity index (χ0v) is 11.6. The second-order valence-corrected chi connectivity index (χ2v) is 4.96. The summed E-state index contributed by atoms with van der Waals surface area (Å²) in [6.45, 7) is 2.42. The van der Waals surface area contributed by atoms with Gasteiger partial charge in [0.05, 0.1) is 18.9 Å². The predicted octanol–water partition coefficient (Wildman–Crippen LogP) is 1.61. The van der Waals surface area contributed by atoms with Gasteiger partial charge >= 0.3 is 0 Å². The third-order valence-electron chi connectivity index (χ3n) is 3.69. The molecular formula is C15H19N3O2. The number of pyridine rings is 1. The fourth-order valence-electron chi connectivity index (χ4n) is 2.65. The van der Waals surface area contributed by atoms with Gasteiger partial charge in [0.2, 0.25) is 0 Å². The molecule has 0 amide bonds. The third kappa shape index (κ3) is 2.30. The first-order valence-corrected chi connectivity index (χ1v) is 6.82. The molecule has 3 rings (SSSR count). The molecular weight excluding hydrogens is 254 g/mol. The van der Waals surface area contributed by atoms with Crippen LogP contribution in [0.25, 0.3) is 5.65 Å². The molecule has 0 fully saturated rings. The van der Waals surface area contributed by atoms with Gasteiger partial charge < -0.3 is 14.7 Å². The lowest BCUT2D eigenvalue weighted by atomic mass is 10.1. The van der Waals surface area contributed by atoms with Crippen molar-refractivity contribution < 1.29 is 9.84 Å². The number of hydrogen-bond acceptors (Lipinski definition) is 4. The SMILES string of the molecule is COCC1=CCN(c2nc3ccccn3c2CO)CC1. The third-order valence-corrected chi connectivity index (χ3v) is 3.69. The normalized spacial score (nSPS) is 15.7. The summed E-state index contributed by atoms with van der Waals surface area (Å²) in [5.41, 5.74) is 3.06. The first kappa shape index (κ1) is 13.1. The van der Waals surface area contributed by atoms with E-state index in [-0.39, 0.29) is 6.61 Å². The van der Waals surface area contributed by atoms with E-state index in [1.54, 1.807) is 7.11 Å². The van der Waals surface area contributed by atoms with Crippen LogP contribution in [0, 0.1) is 0 Å². The number of nitrogens with zero attached hydrogens (tertiary/aromatic N) is 3. The number of aromatic nitrogens is 2. The highest BCUT2D eigenvalue weighted by atomic mass is 16.5. The van der Waals surface area contributed by atoms with E-state index in [4.69, 9.17) is 4.74 Å². The molecule has 3 heterocycles. The first-order valence-electron chi connectivity index (χ1n) is 6.82. The van der Waals surface area contributed by atoms with Crippen LogP contribution in [0.3, 0.4) is 0 Å². The molecule has 5 heteroatoms. The predicted molar refractivity (Wildman–Crippen MR) is 77.9 cm³/mol. The number of ether oxygens (including phenoxy) is 1. The van der Waals surface area contributed by atoms with Crippen LogP contribution in [-0.2, 0) is 11.3 Å². The molecule has 0 unspecified atom stereocenters. The Morgan fingerprint density at radius 1 is 1.40 bits per heavy atom. The highest BCUT2D eigenvalue weighted by molar-refractivity contribution is 5.56. The van der Waals surface area contributed by atoms with Gasteiger partial charge in [-0.3, -0.25) is 4.40 Å². The number of imidazole rings is 1. The summed E-state index contributed by atoms with van der Waals surface area (Å²) in [4.78, 5) is 6.85. The van der Waals surface area contributed by atoms with Crippen molar-refractivity contribution in [2.75, 3.05) is 31.7 Å². The van der Waals surface area contributed by atoms with E-state index >= 15 is 0 Å². The minimum atomic E-state index is -0.00828. The van der Waals surface area contributed by atoms with Crippen LogP contribution in [0.15, 0.2) is 36.0 Å². The molecule has 20 heavy (non-hydrogen) atoms. The Balaban J connectivity index is 1.91. The second-order valence-electron chi connectivity index (χ2n) is 4.96. The summed E-state index contributed by atoms with van der Waals surface area (Å²) in [6, 6.07) is 5.86. The molecule has 0 bridgehead atoms. The second kappa shape index (κ2) is 5.64. The Kier molecular flexibility index (Phi) is 3.71. The molecule has 5 nitrogen and oxygen atoms in total. The van der Waals surface area contributed by atoms with E-state index < -0.39 is 0 Å². The van der Waals surface area contributed by atoms with Gasteiger partial charge in [-0.25, -0.2) is 4.98 Å². The van der Waals surface area contributed by atoms with Gasteiger partial charge in [-0.05, 0) is 24.1 Å². The lowest BCUT2D eigenvalue weighted by Crippen LogP contribution is -2.30. The lowest BCUT2D eigenvalue weighted by Gasteiger charge is -2.27. The van der Waals surface area contributed by atoms with Crippen molar-refractivity contribution in [3.63, 3.8) is 0 Å². The summed E-state index contributed by atoms with van der Waals surface area (Å²) in [6.07, 6.45) is 5.11. The molecule has 1 aliphatic heterocycles. The van der Waals surface area contributed by atoms with Crippen molar-refractivity contribution >= 4 is 11.5 Å². The molecule has 0 saturated carbocycles. The summed E-state index contributed by atoms with van der Waals surface area (Å²) in [7, 11) is 1.72. The Morgan fingerprint density at radius 3 is 3.00 bits per heavy atom. The quantitative estimate of drug-likeness (QED) is 0.860. The number of methoxy groups -OCH3 is 1. The zero-order valence-electron chi connectivity index (χ0n) is 11.6. The van der Waals surface area contributed by atoms with Crippen molar-refractivity contribution in [3.05, 3.63) is 41.7 Å². The number of aliphatic hydroxyl groups is 1. The monoisotopic (exact) mass is 273 g/mol. The highest BCUT2D eigenvalue weighted by Gasteiger charge is 2.19. The Morgan fingerprint density at radius 2 is 2.30 bits per heavy atom. The van der Waals surface area contributed by atoms with E-state index in [0.29, 0.717) is 6.61 Å². The van der Waals surface area contributed by atoms with Crippen molar-refractivity contribution in [2.45, 2.75) is 13.0 Å². The van der Waals surface area contributed by atoms with E-state index in [0.717, 1.165) is 36.7 Å². The fourth-order valence-corrected chi connectivity index (χ4v) is 2.65. The molecule has 0 aromatic carbocycles. The van der Waals surface area contributed by atoms with E-state index in [1.165, 1.54) is 5.57 Å². The standard InChI is InChI=1S/C15H19N3O2/c1-20-11-12-5-8-17(9-6-12)15-13(10-19)18-7-3-2-4-14(18)16-15/h2-5,7,19H,6,8-11H2,1H3. The van der Waals surface area contributed by atoms with Gasteiger partial charge in [-0.15, -0.1) is 0 Å². The summed E-state index contributed by atoms with van der Waals surface area (Å²) >= 11 is 0. The lowest BCUT2D eigenvalue weighted by molar-refractivity contribution is 0.222.